The van der Waals surface area contributed by atoms with Crippen LogP contribution in [0.15, 0.2) is 54.9 Å². The van der Waals surface area contributed by atoms with E-state index in [0.717, 1.165) is 58.0 Å². The molecule has 0 unspecified atom stereocenters. The maximum absolute atomic E-state index is 4.86. The smallest absolute Gasteiger partial charge is 0.120 e. The zero-order valence-corrected chi connectivity index (χ0v) is 14.9. The van der Waals surface area contributed by atoms with Crippen LogP contribution >= 0.6 is 0 Å². The van der Waals surface area contributed by atoms with Crippen molar-refractivity contribution in [2.24, 2.45) is 0 Å². The molecule has 1 aliphatic heterocycles. The second kappa shape index (κ2) is 6.41. The van der Waals surface area contributed by atoms with Crippen LogP contribution in [0.1, 0.15) is 11.3 Å². The number of aromatic amines is 1. The molecule has 0 amide bonds. The number of nitrogens with zero attached hydrogens (tertiary/aromatic N) is 4. The fraction of sp³-hybridized carbons (Fsp3) is 0.143. The van der Waals surface area contributed by atoms with E-state index in [0.29, 0.717) is 0 Å². The summed E-state index contributed by atoms with van der Waals surface area (Å²) in [6.07, 6.45) is 5.99. The Kier molecular flexibility index (Phi) is 3.76. The van der Waals surface area contributed by atoms with Crippen molar-refractivity contribution in [3.05, 3.63) is 66.1 Å². The zero-order valence-electron chi connectivity index (χ0n) is 14.9. The SMILES string of the molecule is Cc1cccc(-c2n[nH]cc2-c2ccc3ncc(C4=CCNC4)cc3n2)n1. The molecule has 0 radical (unpaired) electrons. The van der Waals surface area contributed by atoms with Crippen LogP contribution in [0.2, 0.25) is 0 Å². The first-order chi connectivity index (χ1) is 13.3. The number of hydrogen-bond acceptors (Lipinski definition) is 5. The maximum atomic E-state index is 4.86. The van der Waals surface area contributed by atoms with Gasteiger partial charge in [0.1, 0.15) is 5.69 Å². The average molecular weight is 354 g/mol. The van der Waals surface area contributed by atoms with Gasteiger partial charge in [0.2, 0.25) is 0 Å². The number of aryl methyl sites for hydroxylation is 1. The first kappa shape index (κ1) is 15.8. The molecule has 0 saturated heterocycles. The summed E-state index contributed by atoms with van der Waals surface area (Å²) in [6, 6.07) is 12.0. The highest BCUT2D eigenvalue weighted by molar-refractivity contribution is 5.84. The van der Waals surface area contributed by atoms with E-state index in [1.807, 2.05) is 49.6 Å². The highest BCUT2D eigenvalue weighted by atomic mass is 15.1. The molecule has 132 valence electrons. The molecule has 27 heavy (non-hydrogen) atoms. The van der Waals surface area contributed by atoms with Crippen molar-refractivity contribution in [1.82, 2.24) is 30.5 Å². The van der Waals surface area contributed by atoms with Gasteiger partial charge < -0.3 is 5.32 Å². The van der Waals surface area contributed by atoms with Gasteiger partial charge in [0, 0.05) is 36.7 Å². The van der Waals surface area contributed by atoms with Crippen LogP contribution in [-0.4, -0.2) is 38.2 Å². The summed E-state index contributed by atoms with van der Waals surface area (Å²) in [6.45, 7) is 3.75. The molecule has 0 atom stereocenters. The molecule has 0 aromatic carbocycles. The minimum atomic E-state index is 0.803. The Hall–Kier alpha value is -3.38. The number of pyridine rings is 3. The molecule has 2 N–H and O–H groups in total. The summed E-state index contributed by atoms with van der Waals surface area (Å²) < 4.78 is 0. The topological polar surface area (TPSA) is 79.4 Å². The summed E-state index contributed by atoms with van der Waals surface area (Å²) in [7, 11) is 0. The predicted molar refractivity (Wildman–Crippen MR) is 106 cm³/mol. The molecule has 0 aliphatic carbocycles. The first-order valence-electron chi connectivity index (χ1n) is 8.93. The van der Waals surface area contributed by atoms with Gasteiger partial charge in [-0.15, -0.1) is 0 Å². The van der Waals surface area contributed by atoms with Gasteiger partial charge in [-0.2, -0.15) is 5.10 Å². The molecule has 5 heterocycles. The van der Waals surface area contributed by atoms with Crippen molar-refractivity contribution >= 4 is 16.6 Å². The van der Waals surface area contributed by atoms with Crippen molar-refractivity contribution < 1.29 is 0 Å². The second-order valence-electron chi connectivity index (χ2n) is 6.63. The van der Waals surface area contributed by atoms with Crippen LogP contribution in [0.3, 0.4) is 0 Å². The summed E-state index contributed by atoms with van der Waals surface area (Å²) in [5.41, 5.74) is 8.53. The van der Waals surface area contributed by atoms with Gasteiger partial charge in [-0.1, -0.05) is 12.1 Å². The maximum Gasteiger partial charge on any atom is 0.120 e. The van der Waals surface area contributed by atoms with Crippen molar-refractivity contribution in [3.63, 3.8) is 0 Å². The quantitative estimate of drug-likeness (QED) is 0.590. The monoisotopic (exact) mass is 354 g/mol. The Labute approximate surface area is 156 Å². The van der Waals surface area contributed by atoms with E-state index in [4.69, 9.17) is 4.98 Å². The Bertz CT molecular complexity index is 1170. The molecule has 6 nitrogen and oxygen atoms in total. The van der Waals surface area contributed by atoms with Crippen LogP contribution in [-0.2, 0) is 0 Å². The molecule has 5 rings (SSSR count). The third-order valence-corrected chi connectivity index (χ3v) is 4.76. The number of aromatic nitrogens is 5. The van der Waals surface area contributed by atoms with E-state index in [1.165, 1.54) is 5.57 Å². The lowest BCUT2D eigenvalue weighted by molar-refractivity contribution is 0.897. The Morgan fingerprint density at radius 1 is 1.00 bits per heavy atom. The summed E-state index contributed by atoms with van der Waals surface area (Å²) in [5, 5.41) is 10.7. The second-order valence-corrected chi connectivity index (χ2v) is 6.63. The number of H-pyrrole nitrogens is 1. The fourth-order valence-corrected chi connectivity index (χ4v) is 3.38. The molecule has 0 fully saturated rings. The van der Waals surface area contributed by atoms with E-state index in [9.17, 15) is 0 Å². The van der Waals surface area contributed by atoms with Gasteiger partial charge in [-0.05, 0) is 48.4 Å². The first-order valence-corrected chi connectivity index (χ1v) is 8.93. The summed E-state index contributed by atoms with van der Waals surface area (Å²) in [4.78, 5) is 14.0. The summed E-state index contributed by atoms with van der Waals surface area (Å²) >= 11 is 0. The molecular formula is C21H18N6. The standard InChI is InChI=1S/C21H18N6/c1-13-3-2-4-19(25-13)21-16(12-24-27-21)17-5-6-18-20(26-17)9-15(11-23-18)14-7-8-22-10-14/h2-7,9,11-12,22H,8,10H2,1H3,(H,24,27). The lowest BCUT2D eigenvalue weighted by Crippen LogP contribution is -2.07. The van der Waals surface area contributed by atoms with Crippen LogP contribution in [0.5, 0.6) is 0 Å². The van der Waals surface area contributed by atoms with Gasteiger partial charge in [0.15, 0.2) is 0 Å². The molecular weight excluding hydrogens is 336 g/mol. The molecule has 0 spiro atoms. The van der Waals surface area contributed by atoms with Gasteiger partial charge in [0.25, 0.3) is 0 Å². The highest BCUT2D eigenvalue weighted by Crippen LogP contribution is 2.29. The fourth-order valence-electron chi connectivity index (χ4n) is 3.38. The van der Waals surface area contributed by atoms with Crippen molar-refractivity contribution in [2.75, 3.05) is 13.1 Å². The van der Waals surface area contributed by atoms with Crippen molar-refractivity contribution in [2.45, 2.75) is 6.92 Å². The number of fused-ring (bicyclic) bond motifs is 1. The van der Waals surface area contributed by atoms with E-state index >= 15 is 0 Å². The number of rotatable bonds is 3. The molecule has 1 aliphatic rings. The van der Waals surface area contributed by atoms with Crippen molar-refractivity contribution in [3.8, 4) is 22.6 Å². The zero-order chi connectivity index (χ0) is 18.2. The molecule has 6 heteroatoms. The van der Waals surface area contributed by atoms with E-state index in [2.05, 4.69) is 37.6 Å². The average Bonchev–Trinajstić information content (AvgIpc) is 3.39. The van der Waals surface area contributed by atoms with Gasteiger partial charge in [-0.3, -0.25) is 15.1 Å². The molecule has 0 saturated carbocycles. The molecule has 0 bridgehead atoms. The predicted octanol–water partition coefficient (Wildman–Crippen LogP) is 3.38. The van der Waals surface area contributed by atoms with Gasteiger partial charge in [-0.25, -0.2) is 4.98 Å². The number of nitrogens with one attached hydrogen (secondary N) is 2. The van der Waals surface area contributed by atoms with E-state index < -0.39 is 0 Å². The third kappa shape index (κ3) is 2.90. The van der Waals surface area contributed by atoms with E-state index in [-0.39, 0.29) is 0 Å². The lowest BCUT2D eigenvalue weighted by atomic mass is 10.1. The molecule has 4 aromatic rings. The van der Waals surface area contributed by atoms with Crippen LogP contribution in [0.25, 0.3) is 39.3 Å². The van der Waals surface area contributed by atoms with Crippen LogP contribution in [0, 0.1) is 6.92 Å². The van der Waals surface area contributed by atoms with E-state index in [1.54, 1.807) is 0 Å². The van der Waals surface area contributed by atoms with Crippen LogP contribution < -0.4 is 5.32 Å². The molecule has 4 aromatic heterocycles. The third-order valence-electron chi connectivity index (χ3n) is 4.76. The van der Waals surface area contributed by atoms with Gasteiger partial charge in [0.05, 0.1) is 22.4 Å². The minimum Gasteiger partial charge on any atom is -0.309 e. The van der Waals surface area contributed by atoms with Crippen molar-refractivity contribution in [1.29, 1.82) is 0 Å². The highest BCUT2D eigenvalue weighted by Gasteiger charge is 2.14. The number of hydrogen-bond donors (Lipinski definition) is 2. The Balaban J connectivity index is 1.61. The minimum absolute atomic E-state index is 0.803. The van der Waals surface area contributed by atoms with Crippen LogP contribution in [0.4, 0.5) is 0 Å². The Morgan fingerprint density at radius 2 is 1.96 bits per heavy atom. The summed E-state index contributed by atoms with van der Waals surface area (Å²) in [5.74, 6) is 0. The lowest BCUT2D eigenvalue weighted by Gasteiger charge is -2.06. The van der Waals surface area contributed by atoms with Gasteiger partial charge >= 0.3 is 0 Å². The normalized spacial score (nSPS) is 13.9. The largest absolute Gasteiger partial charge is 0.309 e. The Morgan fingerprint density at radius 3 is 2.81 bits per heavy atom.